The standard InChI is InChI=1S/C20H26N2O2/c1-22(2)19(17-10-12-18(24-3)13-11-17)15-21-20(23)14-9-16-7-5-4-6-8-16/h4-8,10-13,19H,9,14-15H2,1-3H3,(H,21,23). The topological polar surface area (TPSA) is 41.6 Å². The first-order valence-electron chi connectivity index (χ1n) is 8.21. The Balaban J connectivity index is 1.87. The van der Waals surface area contributed by atoms with Gasteiger partial charge in [0.05, 0.1) is 13.2 Å². The predicted octanol–water partition coefficient (Wildman–Crippen LogP) is 3.05. The Labute approximate surface area is 144 Å². The van der Waals surface area contributed by atoms with Gasteiger partial charge in [0.1, 0.15) is 5.75 Å². The summed E-state index contributed by atoms with van der Waals surface area (Å²) in [7, 11) is 5.70. The van der Waals surface area contributed by atoms with Gasteiger partial charge in [0.15, 0.2) is 0 Å². The van der Waals surface area contributed by atoms with Crippen LogP contribution in [0.5, 0.6) is 5.75 Å². The van der Waals surface area contributed by atoms with E-state index >= 15 is 0 Å². The molecule has 4 nitrogen and oxygen atoms in total. The number of likely N-dealkylation sites (N-methyl/N-ethyl adjacent to an activating group) is 1. The van der Waals surface area contributed by atoms with E-state index in [1.54, 1.807) is 7.11 Å². The Kier molecular flexibility index (Phi) is 6.82. The van der Waals surface area contributed by atoms with E-state index in [1.807, 2.05) is 68.7 Å². The number of nitrogens with one attached hydrogen (secondary N) is 1. The fraction of sp³-hybridized carbons (Fsp3) is 0.350. The SMILES string of the molecule is COc1ccc(C(CNC(=O)CCc2ccccc2)N(C)C)cc1. The Morgan fingerprint density at radius 1 is 1.08 bits per heavy atom. The lowest BCUT2D eigenvalue weighted by Gasteiger charge is -2.25. The average molecular weight is 326 g/mol. The van der Waals surface area contributed by atoms with Crippen molar-refractivity contribution in [2.75, 3.05) is 27.7 Å². The average Bonchev–Trinajstić information content (AvgIpc) is 2.61. The first-order chi connectivity index (χ1) is 11.6. The van der Waals surface area contributed by atoms with E-state index in [9.17, 15) is 4.79 Å². The summed E-state index contributed by atoms with van der Waals surface area (Å²) >= 11 is 0. The molecule has 1 atom stereocenters. The van der Waals surface area contributed by atoms with E-state index in [1.165, 1.54) is 5.56 Å². The van der Waals surface area contributed by atoms with E-state index in [2.05, 4.69) is 10.2 Å². The van der Waals surface area contributed by atoms with Crippen LogP contribution in [0.1, 0.15) is 23.6 Å². The second-order valence-electron chi connectivity index (χ2n) is 6.04. The summed E-state index contributed by atoms with van der Waals surface area (Å²) in [6, 6.07) is 18.2. The quantitative estimate of drug-likeness (QED) is 0.811. The summed E-state index contributed by atoms with van der Waals surface area (Å²) in [5, 5.41) is 3.05. The molecule has 1 N–H and O–H groups in total. The van der Waals surface area contributed by atoms with Crippen molar-refractivity contribution >= 4 is 5.91 Å². The minimum atomic E-state index is 0.0826. The molecule has 0 aromatic heterocycles. The Morgan fingerprint density at radius 2 is 1.75 bits per heavy atom. The van der Waals surface area contributed by atoms with Gasteiger partial charge in [-0.05, 0) is 43.8 Å². The molecule has 2 rings (SSSR count). The largest absolute Gasteiger partial charge is 0.497 e. The number of rotatable bonds is 8. The summed E-state index contributed by atoms with van der Waals surface area (Å²) < 4.78 is 5.20. The van der Waals surface area contributed by atoms with Crippen molar-refractivity contribution in [1.82, 2.24) is 10.2 Å². The van der Waals surface area contributed by atoms with Gasteiger partial charge in [0.2, 0.25) is 5.91 Å². The van der Waals surface area contributed by atoms with Crippen LogP contribution in [-0.2, 0) is 11.2 Å². The van der Waals surface area contributed by atoms with Gasteiger partial charge in [-0.1, -0.05) is 42.5 Å². The monoisotopic (exact) mass is 326 g/mol. The molecule has 1 unspecified atom stereocenters. The van der Waals surface area contributed by atoms with Gasteiger partial charge in [0.25, 0.3) is 0 Å². The van der Waals surface area contributed by atoms with Crippen molar-refractivity contribution in [3.8, 4) is 5.75 Å². The molecule has 0 aliphatic carbocycles. The summed E-state index contributed by atoms with van der Waals surface area (Å²) in [4.78, 5) is 14.2. The third-order valence-electron chi connectivity index (χ3n) is 4.10. The number of amides is 1. The van der Waals surface area contributed by atoms with Gasteiger partial charge >= 0.3 is 0 Å². The van der Waals surface area contributed by atoms with Crippen LogP contribution in [0, 0.1) is 0 Å². The van der Waals surface area contributed by atoms with Crippen LogP contribution >= 0.6 is 0 Å². The molecule has 128 valence electrons. The number of hydrogen-bond donors (Lipinski definition) is 1. The molecule has 0 heterocycles. The fourth-order valence-corrected chi connectivity index (χ4v) is 2.63. The highest BCUT2D eigenvalue weighted by atomic mass is 16.5. The molecule has 0 spiro atoms. The number of ether oxygens (including phenoxy) is 1. The number of benzene rings is 2. The number of nitrogens with zero attached hydrogens (tertiary/aromatic N) is 1. The van der Waals surface area contributed by atoms with Crippen LogP contribution in [-0.4, -0.2) is 38.6 Å². The van der Waals surface area contributed by atoms with Crippen LogP contribution < -0.4 is 10.1 Å². The van der Waals surface area contributed by atoms with Gasteiger partial charge in [0, 0.05) is 13.0 Å². The Morgan fingerprint density at radius 3 is 2.33 bits per heavy atom. The van der Waals surface area contributed by atoms with E-state index in [0.717, 1.165) is 17.7 Å². The number of carbonyl (C=O) groups is 1. The van der Waals surface area contributed by atoms with Gasteiger partial charge < -0.3 is 15.0 Å². The molecule has 0 aliphatic rings. The molecule has 0 saturated carbocycles. The molecule has 24 heavy (non-hydrogen) atoms. The van der Waals surface area contributed by atoms with E-state index in [0.29, 0.717) is 13.0 Å². The molecular formula is C20H26N2O2. The third kappa shape index (κ3) is 5.39. The van der Waals surface area contributed by atoms with Crippen LogP contribution in [0.2, 0.25) is 0 Å². The van der Waals surface area contributed by atoms with Crippen molar-refractivity contribution < 1.29 is 9.53 Å². The molecule has 0 saturated heterocycles. The zero-order valence-corrected chi connectivity index (χ0v) is 14.7. The number of carbonyl (C=O) groups excluding carboxylic acids is 1. The lowest BCUT2D eigenvalue weighted by atomic mass is 10.1. The van der Waals surface area contributed by atoms with Crippen molar-refractivity contribution in [3.63, 3.8) is 0 Å². The maximum Gasteiger partial charge on any atom is 0.220 e. The Bertz CT molecular complexity index is 624. The minimum absolute atomic E-state index is 0.0826. The van der Waals surface area contributed by atoms with Crippen LogP contribution in [0.15, 0.2) is 54.6 Å². The van der Waals surface area contributed by atoms with Gasteiger partial charge in [-0.15, -0.1) is 0 Å². The van der Waals surface area contributed by atoms with Crippen molar-refractivity contribution in [1.29, 1.82) is 0 Å². The maximum absolute atomic E-state index is 12.1. The number of aryl methyl sites for hydroxylation is 1. The predicted molar refractivity (Wildman–Crippen MR) is 97.2 cm³/mol. The third-order valence-corrected chi connectivity index (χ3v) is 4.10. The lowest BCUT2D eigenvalue weighted by molar-refractivity contribution is -0.121. The summed E-state index contributed by atoms with van der Waals surface area (Å²) in [6.07, 6.45) is 1.27. The first-order valence-corrected chi connectivity index (χ1v) is 8.21. The first kappa shape index (κ1) is 18.0. The number of hydrogen-bond acceptors (Lipinski definition) is 3. The van der Waals surface area contributed by atoms with Gasteiger partial charge in [-0.2, -0.15) is 0 Å². The zero-order valence-electron chi connectivity index (χ0n) is 14.7. The molecule has 2 aromatic carbocycles. The molecule has 4 heteroatoms. The normalized spacial score (nSPS) is 12.0. The molecular weight excluding hydrogens is 300 g/mol. The highest BCUT2D eigenvalue weighted by Crippen LogP contribution is 2.20. The smallest absolute Gasteiger partial charge is 0.220 e. The highest BCUT2D eigenvalue weighted by molar-refractivity contribution is 5.76. The van der Waals surface area contributed by atoms with Crippen molar-refractivity contribution in [2.24, 2.45) is 0 Å². The molecule has 0 radical (unpaired) electrons. The summed E-state index contributed by atoms with van der Waals surface area (Å²) in [5.74, 6) is 0.919. The van der Waals surface area contributed by atoms with E-state index < -0.39 is 0 Å². The fourth-order valence-electron chi connectivity index (χ4n) is 2.63. The highest BCUT2D eigenvalue weighted by Gasteiger charge is 2.15. The van der Waals surface area contributed by atoms with Crippen LogP contribution in [0.3, 0.4) is 0 Å². The maximum atomic E-state index is 12.1. The van der Waals surface area contributed by atoms with E-state index in [4.69, 9.17) is 4.74 Å². The molecule has 0 bridgehead atoms. The second-order valence-corrected chi connectivity index (χ2v) is 6.04. The molecule has 2 aromatic rings. The Hall–Kier alpha value is -2.33. The van der Waals surface area contributed by atoms with Crippen molar-refractivity contribution in [2.45, 2.75) is 18.9 Å². The zero-order chi connectivity index (χ0) is 17.4. The minimum Gasteiger partial charge on any atom is -0.497 e. The van der Waals surface area contributed by atoms with Crippen LogP contribution in [0.25, 0.3) is 0 Å². The molecule has 0 aliphatic heterocycles. The summed E-state index contributed by atoms with van der Waals surface area (Å²) in [6.45, 7) is 0.590. The second kappa shape index (κ2) is 9.08. The lowest BCUT2D eigenvalue weighted by Crippen LogP contribution is -2.34. The van der Waals surface area contributed by atoms with E-state index in [-0.39, 0.29) is 11.9 Å². The summed E-state index contributed by atoms with van der Waals surface area (Å²) in [5.41, 5.74) is 2.34. The molecule has 0 fully saturated rings. The van der Waals surface area contributed by atoms with Gasteiger partial charge in [-0.25, -0.2) is 0 Å². The van der Waals surface area contributed by atoms with Gasteiger partial charge in [-0.3, -0.25) is 4.79 Å². The number of methoxy groups -OCH3 is 1. The van der Waals surface area contributed by atoms with Crippen molar-refractivity contribution in [3.05, 3.63) is 65.7 Å². The molecule has 1 amide bonds. The van der Waals surface area contributed by atoms with Crippen LogP contribution in [0.4, 0.5) is 0 Å².